The molecule has 4 heteroatoms. The summed E-state index contributed by atoms with van der Waals surface area (Å²) in [4.78, 5) is 14.9. The summed E-state index contributed by atoms with van der Waals surface area (Å²) in [6, 6.07) is 14.0. The van der Waals surface area contributed by atoms with Crippen LogP contribution in [0.15, 0.2) is 48.5 Å². The molecule has 112 valence electrons. The minimum atomic E-state index is -0.898. The quantitative estimate of drug-likeness (QED) is 0.742. The summed E-state index contributed by atoms with van der Waals surface area (Å²) in [5.74, 6) is -1.94. The Bertz CT molecular complexity index is 824. The van der Waals surface area contributed by atoms with E-state index >= 15 is 0 Å². The highest BCUT2D eigenvalue weighted by Crippen LogP contribution is 2.37. The highest BCUT2D eigenvalue weighted by atomic mass is 19.1. The van der Waals surface area contributed by atoms with Crippen LogP contribution in [-0.2, 0) is 4.79 Å². The van der Waals surface area contributed by atoms with Gasteiger partial charge in [0.1, 0.15) is 5.82 Å². The van der Waals surface area contributed by atoms with Gasteiger partial charge in [0, 0.05) is 10.9 Å². The molecule has 0 fully saturated rings. The summed E-state index contributed by atoms with van der Waals surface area (Å²) in [5, 5.41) is 10.2. The summed E-state index contributed by atoms with van der Waals surface area (Å²) < 4.78 is 13.6. The lowest BCUT2D eigenvalue weighted by Crippen LogP contribution is -2.11. The summed E-state index contributed by atoms with van der Waals surface area (Å²) in [5.41, 5.74) is 3.04. The number of H-pyrrole nitrogens is 1. The van der Waals surface area contributed by atoms with E-state index in [4.69, 9.17) is 0 Å². The molecule has 0 saturated heterocycles. The van der Waals surface area contributed by atoms with Crippen LogP contribution in [0.5, 0.6) is 0 Å². The maximum absolute atomic E-state index is 13.6. The Balaban J connectivity index is 2.34. The minimum Gasteiger partial charge on any atom is -0.481 e. The van der Waals surface area contributed by atoms with E-state index in [1.165, 1.54) is 12.1 Å². The van der Waals surface area contributed by atoms with E-state index in [-0.39, 0.29) is 5.82 Å². The third-order valence-corrected chi connectivity index (χ3v) is 3.92. The van der Waals surface area contributed by atoms with Gasteiger partial charge in [0.25, 0.3) is 0 Å². The highest BCUT2D eigenvalue weighted by Gasteiger charge is 2.26. The minimum absolute atomic E-state index is 0.368. The highest BCUT2D eigenvalue weighted by molar-refractivity contribution is 5.95. The van der Waals surface area contributed by atoms with Crippen molar-refractivity contribution in [3.8, 4) is 11.3 Å². The molecule has 0 spiro atoms. The molecular formula is C18H16FNO2. The number of nitrogens with one attached hydrogen (secondary N) is 1. The fourth-order valence-electron chi connectivity index (χ4n) is 2.88. The van der Waals surface area contributed by atoms with Crippen LogP contribution in [-0.4, -0.2) is 16.1 Å². The molecule has 0 amide bonds. The number of carboxylic acids is 1. The van der Waals surface area contributed by atoms with Crippen molar-refractivity contribution in [1.29, 1.82) is 0 Å². The topological polar surface area (TPSA) is 53.1 Å². The molecule has 1 atom stereocenters. The van der Waals surface area contributed by atoms with Crippen molar-refractivity contribution in [1.82, 2.24) is 4.98 Å². The summed E-state index contributed by atoms with van der Waals surface area (Å²) in [7, 11) is 0. The second-order valence-corrected chi connectivity index (χ2v) is 5.27. The molecule has 1 heterocycles. The number of hydrogen-bond acceptors (Lipinski definition) is 1. The fourth-order valence-corrected chi connectivity index (χ4v) is 2.88. The first-order valence-corrected chi connectivity index (χ1v) is 7.21. The Morgan fingerprint density at radius 3 is 2.59 bits per heavy atom. The average molecular weight is 297 g/mol. The molecule has 0 bridgehead atoms. The summed E-state index contributed by atoms with van der Waals surface area (Å²) >= 11 is 0. The van der Waals surface area contributed by atoms with Gasteiger partial charge in [0.15, 0.2) is 0 Å². The Kier molecular flexibility index (Phi) is 3.67. The first kappa shape index (κ1) is 14.3. The SMILES string of the molecule is CCC(C(=O)O)c1c(-c2ccccc2)[nH]c2ccc(F)cc12. The smallest absolute Gasteiger partial charge is 0.311 e. The molecule has 2 aromatic carbocycles. The van der Waals surface area contributed by atoms with Crippen molar-refractivity contribution >= 4 is 16.9 Å². The monoisotopic (exact) mass is 297 g/mol. The first-order valence-electron chi connectivity index (χ1n) is 7.21. The Morgan fingerprint density at radius 2 is 1.95 bits per heavy atom. The molecule has 0 radical (unpaired) electrons. The van der Waals surface area contributed by atoms with Gasteiger partial charge in [-0.3, -0.25) is 4.79 Å². The Hall–Kier alpha value is -2.62. The zero-order chi connectivity index (χ0) is 15.7. The molecule has 3 rings (SSSR count). The van der Waals surface area contributed by atoms with E-state index < -0.39 is 11.9 Å². The van der Waals surface area contributed by atoms with Gasteiger partial charge in [-0.25, -0.2) is 4.39 Å². The lowest BCUT2D eigenvalue weighted by Gasteiger charge is -2.12. The number of aliphatic carboxylic acids is 1. The van der Waals surface area contributed by atoms with Gasteiger partial charge in [-0.05, 0) is 35.7 Å². The Morgan fingerprint density at radius 1 is 1.23 bits per heavy atom. The zero-order valence-electron chi connectivity index (χ0n) is 12.1. The number of aromatic amines is 1. The van der Waals surface area contributed by atoms with Crippen molar-refractivity contribution in [3.05, 3.63) is 59.9 Å². The van der Waals surface area contributed by atoms with Crippen molar-refractivity contribution in [3.63, 3.8) is 0 Å². The predicted octanol–water partition coefficient (Wildman–Crippen LogP) is 4.55. The number of benzene rings is 2. The van der Waals surface area contributed by atoms with Gasteiger partial charge in [-0.15, -0.1) is 0 Å². The van der Waals surface area contributed by atoms with Gasteiger partial charge in [-0.2, -0.15) is 0 Å². The predicted molar refractivity (Wildman–Crippen MR) is 84.4 cm³/mol. The van der Waals surface area contributed by atoms with Gasteiger partial charge >= 0.3 is 5.97 Å². The van der Waals surface area contributed by atoms with Crippen molar-refractivity contribution < 1.29 is 14.3 Å². The molecule has 0 saturated carbocycles. The lowest BCUT2D eigenvalue weighted by molar-refractivity contribution is -0.138. The van der Waals surface area contributed by atoms with Crippen LogP contribution in [0.25, 0.3) is 22.2 Å². The molecule has 3 aromatic rings. The fraction of sp³-hybridized carbons (Fsp3) is 0.167. The van der Waals surface area contributed by atoms with Crippen molar-refractivity contribution in [2.75, 3.05) is 0 Å². The molecule has 0 aliphatic heterocycles. The summed E-state index contributed by atoms with van der Waals surface area (Å²) in [6.07, 6.45) is 0.443. The van der Waals surface area contributed by atoms with E-state index in [1.54, 1.807) is 6.07 Å². The van der Waals surface area contributed by atoms with Crippen molar-refractivity contribution in [2.45, 2.75) is 19.3 Å². The standard InChI is InChI=1S/C18H16FNO2/c1-2-13(18(21)22)16-14-10-12(19)8-9-15(14)20-17(16)11-6-4-3-5-7-11/h3-10,13,20H,2H2,1H3,(H,21,22). The van der Waals surface area contributed by atoms with Crippen LogP contribution >= 0.6 is 0 Å². The molecule has 1 aromatic heterocycles. The van der Waals surface area contributed by atoms with E-state index in [0.717, 1.165) is 16.8 Å². The Labute approximate surface area is 127 Å². The van der Waals surface area contributed by atoms with E-state index in [9.17, 15) is 14.3 Å². The number of hydrogen-bond donors (Lipinski definition) is 2. The van der Waals surface area contributed by atoms with Crippen LogP contribution < -0.4 is 0 Å². The molecule has 2 N–H and O–H groups in total. The number of carbonyl (C=O) groups is 1. The number of aromatic nitrogens is 1. The van der Waals surface area contributed by atoms with E-state index in [1.807, 2.05) is 37.3 Å². The maximum Gasteiger partial charge on any atom is 0.311 e. The maximum atomic E-state index is 13.6. The third-order valence-electron chi connectivity index (χ3n) is 3.92. The van der Waals surface area contributed by atoms with Crippen LogP contribution in [0.3, 0.4) is 0 Å². The largest absolute Gasteiger partial charge is 0.481 e. The second-order valence-electron chi connectivity index (χ2n) is 5.27. The average Bonchev–Trinajstić information content (AvgIpc) is 2.87. The van der Waals surface area contributed by atoms with Crippen molar-refractivity contribution in [2.24, 2.45) is 0 Å². The van der Waals surface area contributed by atoms with Gasteiger partial charge in [-0.1, -0.05) is 37.3 Å². The van der Waals surface area contributed by atoms with Gasteiger partial charge < -0.3 is 10.1 Å². The van der Waals surface area contributed by atoms with Crippen LogP contribution in [0, 0.1) is 5.82 Å². The van der Waals surface area contributed by atoms with Crippen LogP contribution in [0.2, 0.25) is 0 Å². The van der Waals surface area contributed by atoms with E-state index in [2.05, 4.69) is 4.98 Å². The second kappa shape index (κ2) is 5.64. The number of fused-ring (bicyclic) bond motifs is 1. The molecule has 0 aliphatic rings. The summed E-state index contributed by atoms with van der Waals surface area (Å²) in [6.45, 7) is 1.83. The molecular weight excluding hydrogens is 281 g/mol. The van der Waals surface area contributed by atoms with Crippen LogP contribution in [0.1, 0.15) is 24.8 Å². The zero-order valence-corrected chi connectivity index (χ0v) is 12.1. The number of rotatable bonds is 4. The van der Waals surface area contributed by atoms with Gasteiger partial charge in [0.2, 0.25) is 0 Å². The molecule has 22 heavy (non-hydrogen) atoms. The van der Waals surface area contributed by atoms with Gasteiger partial charge in [0.05, 0.1) is 11.6 Å². The molecule has 1 unspecified atom stereocenters. The molecule has 0 aliphatic carbocycles. The number of halogens is 1. The van der Waals surface area contributed by atoms with E-state index in [0.29, 0.717) is 17.4 Å². The first-order chi connectivity index (χ1) is 10.6. The third kappa shape index (κ3) is 2.37. The normalized spacial score (nSPS) is 12.5. The van der Waals surface area contributed by atoms with Crippen LogP contribution in [0.4, 0.5) is 4.39 Å². The lowest BCUT2D eigenvalue weighted by atomic mass is 9.91. The molecule has 3 nitrogen and oxygen atoms in total. The number of carboxylic acid groups (broad SMARTS) is 1.